The van der Waals surface area contributed by atoms with Gasteiger partial charge in [-0.05, 0) is 55.0 Å². The molecule has 45 heavy (non-hydrogen) atoms. The predicted molar refractivity (Wildman–Crippen MR) is 167 cm³/mol. The summed E-state index contributed by atoms with van der Waals surface area (Å²) in [4.78, 5) is 13.6. The van der Waals surface area contributed by atoms with Gasteiger partial charge in [0.2, 0.25) is 10.0 Å². The third kappa shape index (κ3) is 7.55. The average Bonchev–Trinajstić information content (AvgIpc) is 3.56. The zero-order valence-electron chi connectivity index (χ0n) is 25.8. The topological polar surface area (TPSA) is 138 Å². The van der Waals surface area contributed by atoms with Crippen molar-refractivity contribution in [3.05, 3.63) is 59.7 Å². The molecule has 3 unspecified atom stereocenters. The van der Waals surface area contributed by atoms with E-state index in [0.717, 1.165) is 37.7 Å². The summed E-state index contributed by atoms with van der Waals surface area (Å²) in [5.41, 5.74) is 7.95. The van der Waals surface area contributed by atoms with E-state index < -0.39 is 22.0 Å². The van der Waals surface area contributed by atoms with Gasteiger partial charge < -0.3 is 29.8 Å². The summed E-state index contributed by atoms with van der Waals surface area (Å²) >= 11 is 0. The third-order valence-electron chi connectivity index (χ3n) is 9.92. The van der Waals surface area contributed by atoms with E-state index in [1.165, 1.54) is 10.4 Å². The van der Waals surface area contributed by atoms with Crippen LogP contribution in [0.3, 0.4) is 0 Å². The minimum atomic E-state index is -4.01. The number of aliphatic hydroxyl groups excluding tert-OH is 1. The van der Waals surface area contributed by atoms with Crippen molar-refractivity contribution in [2.75, 3.05) is 38.6 Å². The number of carbonyl (C=O) groups is 1. The van der Waals surface area contributed by atoms with Crippen molar-refractivity contribution >= 4 is 21.7 Å². The van der Waals surface area contributed by atoms with Crippen molar-refractivity contribution in [1.82, 2.24) is 4.31 Å². The molecule has 3 fully saturated rings. The van der Waals surface area contributed by atoms with Crippen molar-refractivity contribution in [3.63, 3.8) is 0 Å². The summed E-state index contributed by atoms with van der Waals surface area (Å²) in [5.74, 6) is -0.422. The Morgan fingerprint density at radius 2 is 1.80 bits per heavy atom. The molecule has 3 heterocycles. The van der Waals surface area contributed by atoms with Gasteiger partial charge in [-0.3, -0.25) is 4.79 Å². The van der Waals surface area contributed by atoms with E-state index >= 15 is 0 Å². The molecule has 0 spiro atoms. The molecule has 2 saturated heterocycles. The SMILES string of the molecule is Nc1ccc2c(c1)COCCCCCCCN(C[C@@H](O)[C@@H](CC(=O)O[C@H]1C3CO[C@H]4OCC1C4C3)Cc1ccccc1)S2(=O)=O. The second-order valence-electron chi connectivity index (χ2n) is 13.1. The first-order valence-electron chi connectivity index (χ1n) is 16.4. The lowest BCUT2D eigenvalue weighted by molar-refractivity contribution is -0.178. The molecule has 0 aromatic heterocycles. The highest BCUT2D eigenvalue weighted by Gasteiger charge is 2.56. The second kappa shape index (κ2) is 14.5. The molecule has 0 amide bonds. The Morgan fingerprint density at radius 1 is 1.02 bits per heavy atom. The molecule has 2 aromatic rings. The van der Waals surface area contributed by atoms with E-state index in [1.807, 2.05) is 30.3 Å². The van der Waals surface area contributed by atoms with Crippen molar-refractivity contribution < 1.29 is 37.3 Å². The van der Waals surface area contributed by atoms with Crippen LogP contribution >= 0.6 is 0 Å². The van der Waals surface area contributed by atoms with Crippen LogP contribution in [0.4, 0.5) is 5.69 Å². The van der Waals surface area contributed by atoms with Gasteiger partial charge in [-0.1, -0.05) is 49.6 Å². The number of benzene rings is 2. The highest BCUT2D eigenvalue weighted by Crippen LogP contribution is 2.49. The highest BCUT2D eigenvalue weighted by atomic mass is 32.2. The van der Waals surface area contributed by atoms with Gasteiger partial charge in [-0.15, -0.1) is 0 Å². The maximum atomic E-state index is 14.2. The lowest BCUT2D eigenvalue weighted by Gasteiger charge is -2.31. The van der Waals surface area contributed by atoms with Gasteiger partial charge in [-0.25, -0.2) is 8.42 Å². The fourth-order valence-corrected chi connectivity index (χ4v) is 9.19. The molecule has 1 saturated carbocycles. The van der Waals surface area contributed by atoms with E-state index in [0.29, 0.717) is 43.9 Å². The molecule has 6 rings (SSSR count). The van der Waals surface area contributed by atoms with Gasteiger partial charge in [0.15, 0.2) is 6.29 Å². The van der Waals surface area contributed by atoms with E-state index in [2.05, 4.69) is 0 Å². The largest absolute Gasteiger partial charge is 0.462 e. The lowest BCUT2D eigenvalue weighted by Crippen LogP contribution is -2.42. The third-order valence-corrected chi connectivity index (χ3v) is 11.9. The number of rotatable bonds is 8. The number of nitrogens with zero attached hydrogens (tertiary/aromatic N) is 1. The Morgan fingerprint density at radius 3 is 2.64 bits per heavy atom. The summed E-state index contributed by atoms with van der Waals surface area (Å²) in [6, 6.07) is 14.4. The van der Waals surface area contributed by atoms with Crippen molar-refractivity contribution in [2.24, 2.45) is 23.7 Å². The minimum Gasteiger partial charge on any atom is -0.462 e. The molecule has 3 N–H and O–H groups in total. The summed E-state index contributed by atoms with van der Waals surface area (Å²) < 4.78 is 53.3. The van der Waals surface area contributed by atoms with Crippen LogP contribution in [0.15, 0.2) is 53.4 Å². The number of ether oxygens (including phenoxy) is 4. The van der Waals surface area contributed by atoms with E-state index in [1.54, 1.807) is 12.1 Å². The summed E-state index contributed by atoms with van der Waals surface area (Å²) in [6.45, 7) is 1.84. The number of hydrogen-bond acceptors (Lipinski definition) is 9. The van der Waals surface area contributed by atoms with Gasteiger partial charge >= 0.3 is 5.97 Å². The maximum Gasteiger partial charge on any atom is 0.306 e. The van der Waals surface area contributed by atoms with Gasteiger partial charge in [0, 0.05) is 49.1 Å². The molecule has 11 heteroatoms. The molecule has 3 aliphatic heterocycles. The number of hydrogen-bond donors (Lipinski definition) is 2. The molecular weight excluding hydrogens is 596 g/mol. The van der Waals surface area contributed by atoms with Crippen molar-refractivity contribution in [1.29, 1.82) is 0 Å². The maximum absolute atomic E-state index is 14.2. The number of aliphatic hydroxyl groups is 1. The quantitative estimate of drug-likeness (QED) is 0.324. The summed E-state index contributed by atoms with van der Waals surface area (Å²) in [6.07, 6.45) is 4.14. The number of nitrogen functional groups attached to an aromatic ring is 1. The second-order valence-corrected chi connectivity index (χ2v) is 15.0. The van der Waals surface area contributed by atoms with Gasteiger partial charge in [0.05, 0.1) is 37.2 Å². The Balaban J connectivity index is 1.22. The Labute approximate surface area is 266 Å². The molecule has 2 aromatic carbocycles. The molecule has 7 atom stereocenters. The molecule has 10 nitrogen and oxygen atoms in total. The number of β-amino-alcohol motifs (C(OH)–C–C–N with tert-alkyl or cyclic N) is 1. The molecule has 1 aliphatic carbocycles. The first-order chi connectivity index (χ1) is 21.8. The van der Waals surface area contributed by atoms with Crippen molar-refractivity contribution in [2.45, 2.75) is 81.4 Å². The fraction of sp³-hybridized carbons (Fsp3) is 0.618. The van der Waals surface area contributed by atoms with Crippen molar-refractivity contribution in [3.8, 4) is 0 Å². The zero-order valence-corrected chi connectivity index (χ0v) is 26.6. The fourth-order valence-electron chi connectivity index (χ4n) is 7.50. The monoisotopic (exact) mass is 642 g/mol. The number of sulfonamides is 1. The molecule has 246 valence electrons. The standard InChI is InChI=1S/C34H46N2O8S/c35-27-11-12-31-25(16-27)20-41-14-8-3-1-2-7-13-36(45(31,39)40)19-30(37)24(15-23-9-5-4-6-10-23)18-32(38)44-33-26-17-28-29(33)22-43-34(28)42-21-26/h4-6,9-12,16,24,26,28-30,33-34,37H,1-3,7-8,13-15,17-22,35H2/t24-,26?,28?,29?,30-,33+,34+/m1/s1. The predicted octanol–water partition coefficient (Wildman–Crippen LogP) is 3.90. The molecular formula is C34H46N2O8S. The first kappa shape index (κ1) is 32.4. The van der Waals surface area contributed by atoms with E-state index in [4.69, 9.17) is 24.7 Å². The Bertz CT molecular complexity index is 1410. The zero-order chi connectivity index (χ0) is 31.4. The average molecular weight is 643 g/mol. The Kier molecular flexibility index (Phi) is 10.4. The molecule has 4 aliphatic rings. The number of carbonyl (C=O) groups excluding carboxylic acids is 1. The van der Waals surface area contributed by atoms with Gasteiger partial charge in [0.1, 0.15) is 6.10 Å². The van der Waals surface area contributed by atoms with E-state index in [9.17, 15) is 18.3 Å². The van der Waals surface area contributed by atoms with Crippen LogP contribution in [0.25, 0.3) is 0 Å². The van der Waals surface area contributed by atoms with Gasteiger partial charge in [0.25, 0.3) is 0 Å². The molecule has 2 bridgehead atoms. The Hall–Kier alpha value is -2.54. The summed E-state index contributed by atoms with van der Waals surface area (Å²) in [5, 5.41) is 11.7. The van der Waals surface area contributed by atoms with E-state index in [-0.39, 0.29) is 67.1 Å². The summed E-state index contributed by atoms with van der Waals surface area (Å²) in [7, 11) is -4.01. The van der Waals surface area contributed by atoms with Crippen LogP contribution in [0.2, 0.25) is 0 Å². The normalized spacial score (nSPS) is 29.8. The van der Waals surface area contributed by atoms with Crippen LogP contribution < -0.4 is 5.73 Å². The lowest BCUT2D eigenvalue weighted by atomic mass is 9.90. The van der Waals surface area contributed by atoms with Crippen LogP contribution in [-0.4, -0.2) is 75.2 Å². The number of esters is 1. The van der Waals surface area contributed by atoms with Crippen LogP contribution in [0.1, 0.15) is 56.1 Å². The van der Waals surface area contributed by atoms with Gasteiger partial charge in [-0.2, -0.15) is 4.31 Å². The molecule has 0 radical (unpaired) electrons. The number of anilines is 1. The van der Waals surface area contributed by atoms with Crippen LogP contribution in [0, 0.1) is 23.7 Å². The number of fused-ring (bicyclic) bond motifs is 2. The first-order valence-corrected chi connectivity index (χ1v) is 17.8. The van der Waals surface area contributed by atoms with Crippen LogP contribution in [-0.2, 0) is 46.8 Å². The minimum absolute atomic E-state index is 0.0311. The van der Waals surface area contributed by atoms with Crippen LogP contribution in [0.5, 0.6) is 0 Å². The number of nitrogens with two attached hydrogens (primary N) is 1. The smallest absolute Gasteiger partial charge is 0.306 e. The highest BCUT2D eigenvalue weighted by molar-refractivity contribution is 7.89.